The van der Waals surface area contributed by atoms with E-state index in [9.17, 15) is 14.7 Å². The third kappa shape index (κ3) is 4.27. The Labute approximate surface area is 217 Å². The Bertz CT molecular complexity index is 1530. The average molecular weight is 517 g/mol. The topological polar surface area (TPSA) is 98.2 Å². The van der Waals surface area contributed by atoms with Gasteiger partial charge in [0, 0.05) is 5.56 Å². The molecule has 8 nitrogen and oxygen atoms in total. The lowest BCUT2D eigenvalue weighted by molar-refractivity contribution is -0.132. The summed E-state index contributed by atoms with van der Waals surface area (Å²) in [5.74, 6) is -0.208. The molecule has 2 heterocycles. The maximum Gasteiger partial charge on any atom is 0.301 e. The fraction of sp³-hybridized carbons (Fsp3) is 0.179. The number of thiazole rings is 1. The van der Waals surface area contributed by atoms with Crippen LogP contribution in [0, 0.1) is 0 Å². The lowest BCUT2D eigenvalue weighted by Crippen LogP contribution is -2.29. The van der Waals surface area contributed by atoms with E-state index in [-0.39, 0.29) is 11.3 Å². The molecule has 0 unspecified atom stereocenters. The van der Waals surface area contributed by atoms with E-state index in [2.05, 4.69) is 4.98 Å². The fourth-order valence-corrected chi connectivity index (χ4v) is 5.37. The van der Waals surface area contributed by atoms with Gasteiger partial charge in [0.1, 0.15) is 11.5 Å². The first-order valence-electron chi connectivity index (χ1n) is 11.6. The first-order valence-corrected chi connectivity index (χ1v) is 12.4. The van der Waals surface area contributed by atoms with Crippen LogP contribution in [0.1, 0.15) is 24.1 Å². The van der Waals surface area contributed by atoms with Crippen molar-refractivity contribution in [2.75, 3.05) is 25.7 Å². The maximum atomic E-state index is 13.5. The van der Waals surface area contributed by atoms with Gasteiger partial charge in [-0.05, 0) is 42.8 Å². The van der Waals surface area contributed by atoms with Crippen molar-refractivity contribution in [1.29, 1.82) is 0 Å². The number of fused-ring (bicyclic) bond motifs is 1. The van der Waals surface area contributed by atoms with Crippen molar-refractivity contribution in [2.24, 2.45) is 0 Å². The number of amides is 1. The predicted molar refractivity (Wildman–Crippen MR) is 142 cm³/mol. The number of carbonyl (C=O) groups excluding carboxylic acids is 2. The molecule has 4 aromatic rings. The highest BCUT2D eigenvalue weighted by atomic mass is 32.1. The molecule has 1 fully saturated rings. The van der Waals surface area contributed by atoms with Gasteiger partial charge in [-0.25, -0.2) is 4.98 Å². The summed E-state index contributed by atoms with van der Waals surface area (Å²) in [6.07, 6.45) is 0. The molecule has 0 saturated carbocycles. The SMILES string of the molecule is CCOc1ccc([C@H]2/C(=C(\O)c3ccccc3)C(=O)C(=O)N2c2nc3ccc(OC)cc3s2)cc1OC. The highest BCUT2D eigenvalue weighted by molar-refractivity contribution is 7.22. The van der Waals surface area contributed by atoms with Gasteiger partial charge in [-0.3, -0.25) is 14.5 Å². The normalized spacial score (nSPS) is 16.8. The molecule has 37 heavy (non-hydrogen) atoms. The van der Waals surface area contributed by atoms with Crippen LogP contribution in [0.3, 0.4) is 0 Å². The van der Waals surface area contributed by atoms with Crippen molar-refractivity contribution >= 4 is 44.1 Å². The Balaban J connectivity index is 1.72. The molecule has 1 N–H and O–H groups in total. The number of ketones is 1. The van der Waals surface area contributed by atoms with Gasteiger partial charge in [0.15, 0.2) is 16.6 Å². The molecule has 3 aromatic carbocycles. The van der Waals surface area contributed by atoms with Crippen LogP contribution in [0.5, 0.6) is 17.2 Å². The Hall–Kier alpha value is -4.37. The number of Topliss-reactive ketones (excluding diaryl/α,β-unsaturated/α-hetero) is 1. The van der Waals surface area contributed by atoms with Gasteiger partial charge < -0.3 is 19.3 Å². The zero-order valence-electron chi connectivity index (χ0n) is 20.4. The third-order valence-corrected chi connectivity index (χ3v) is 7.10. The van der Waals surface area contributed by atoms with E-state index in [1.54, 1.807) is 67.8 Å². The minimum atomic E-state index is -0.938. The molecule has 1 aromatic heterocycles. The van der Waals surface area contributed by atoms with Crippen LogP contribution < -0.4 is 19.1 Å². The van der Waals surface area contributed by atoms with E-state index in [1.807, 2.05) is 13.0 Å². The zero-order valence-corrected chi connectivity index (χ0v) is 21.2. The Morgan fingerprint density at radius 2 is 1.78 bits per heavy atom. The number of rotatable bonds is 7. The summed E-state index contributed by atoms with van der Waals surface area (Å²) < 4.78 is 17.3. The summed E-state index contributed by atoms with van der Waals surface area (Å²) in [4.78, 5) is 32.9. The Morgan fingerprint density at radius 1 is 1.00 bits per heavy atom. The van der Waals surface area contributed by atoms with Crippen molar-refractivity contribution in [1.82, 2.24) is 4.98 Å². The van der Waals surface area contributed by atoms with E-state index in [4.69, 9.17) is 14.2 Å². The van der Waals surface area contributed by atoms with Crippen LogP contribution in [-0.2, 0) is 9.59 Å². The molecular weight excluding hydrogens is 492 g/mol. The van der Waals surface area contributed by atoms with Gasteiger partial charge >= 0.3 is 5.91 Å². The van der Waals surface area contributed by atoms with Crippen LogP contribution >= 0.6 is 11.3 Å². The summed E-state index contributed by atoms with van der Waals surface area (Å²) in [6, 6.07) is 18.3. The standard InChI is InChI=1S/C28H24N2O6S/c1-4-36-20-13-10-17(14-21(20)35-3)24-23(25(31)16-8-6-5-7-9-16)26(32)27(33)30(24)28-29-19-12-11-18(34-2)15-22(19)37-28/h5-15,24,31H,4H2,1-3H3/b25-23+/t24-/m0/s1. The number of anilines is 1. The lowest BCUT2D eigenvalue weighted by Gasteiger charge is -2.24. The van der Waals surface area contributed by atoms with Gasteiger partial charge in [-0.15, -0.1) is 0 Å². The van der Waals surface area contributed by atoms with Crippen molar-refractivity contribution < 1.29 is 28.9 Å². The summed E-state index contributed by atoms with van der Waals surface area (Å²) in [7, 11) is 3.09. The number of aliphatic hydroxyl groups excluding tert-OH is 1. The largest absolute Gasteiger partial charge is 0.507 e. The Morgan fingerprint density at radius 3 is 2.49 bits per heavy atom. The quantitative estimate of drug-likeness (QED) is 0.201. The van der Waals surface area contributed by atoms with Crippen LogP contribution in [0.4, 0.5) is 5.13 Å². The summed E-state index contributed by atoms with van der Waals surface area (Å²) in [5, 5.41) is 11.6. The van der Waals surface area contributed by atoms with Gasteiger partial charge in [0.25, 0.3) is 5.78 Å². The molecule has 1 aliphatic rings. The smallest absolute Gasteiger partial charge is 0.301 e. The van der Waals surface area contributed by atoms with Crippen LogP contribution in [0.15, 0.2) is 72.3 Å². The average Bonchev–Trinajstić information content (AvgIpc) is 3.46. The number of aromatic nitrogens is 1. The van der Waals surface area contributed by atoms with Gasteiger partial charge in [0.2, 0.25) is 0 Å². The fourth-order valence-electron chi connectivity index (χ4n) is 4.35. The van der Waals surface area contributed by atoms with E-state index in [1.165, 1.54) is 23.3 Å². The van der Waals surface area contributed by atoms with Crippen LogP contribution in [-0.4, -0.2) is 42.6 Å². The lowest BCUT2D eigenvalue weighted by atomic mass is 9.95. The van der Waals surface area contributed by atoms with Crippen molar-refractivity contribution in [3.8, 4) is 17.2 Å². The van der Waals surface area contributed by atoms with E-state index in [0.717, 1.165) is 4.70 Å². The summed E-state index contributed by atoms with van der Waals surface area (Å²) in [5.41, 5.74) is 1.62. The summed E-state index contributed by atoms with van der Waals surface area (Å²) >= 11 is 1.26. The van der Waals surface area contributed by atoms with Gasteiger partial charge in [0.05, 0.1) is 42.7 Å². The van der Waals surface area contributed by atoms with Crippen LogP contribution in [0.2, 0.25) is 0 Å². The molecule has 1 saturated heterocycles. The van der Waals surface area contributed by atoms with Crippen molar-refractivity contribution in [2.45, 2.75) is 13.0 Å². The van der Waals surface area contributed by atoms with Crippen molar-refractivity contribution in [3.05, 3.63) is 83.4 Å². The number of methoxy groups -OCH3 is 2. The van der Waals surface area contributed by atoms with Crippen LogP contribution in [0.25, 0.3) is 16.0 Å². The van der Waals surface area contributed by atoms with E-state index >= 15 is 0 Å². The minimum absolute atomic E-state index is 0.0285. The minimum Gasteiger partial charge on any atom is -0.507 e. The molecule has 188 valence electrons. The molecule has 1 aliphatic heterocycles. The molecule has 0 spiro atoms. The molecule has 1 atom stereocenters. The Kier molecular flexibility index (Phi) is 6.54. The first-order chi connectivity index (χ1) is 18.0. The zero-order chi connectivity index (χ0) is 26.1. The third-order valence-electron chi connectivity index (χ3n) is 6.09. The van der Waals surface area contributed by atoms with Crippen molar-refractivity contribution in [3.63, 3.8) is 0 Å². The molecule has 0 aliphatic carbocycles. The monoisotopic (exact) mass is 516 g/mol. The second kappa shape index (κ2) is 9.94. The second-order valence-electron chi connectivity index (χ2n) is 8.21. The number of hydrogen-bond donors (Lipinski definition) is 1. The maximum absolute atomic E-state index is 13.5. The molecule has 0 radical (unpaired) electrons. The number of hydrogen-bond acceptors (Lipinski definition) is 8. The number of nitrogens with zero attached hydrogens (tertiary/aromatic N) is 2. The predicted octanol–water partition coefficient (Wildman–Crippen LogP) is 5.34. The van der Waals surface area contributed by atoms with E-state index < -0.39 is 17.7 Å². The molecule has 0 bridgehead atoms. The molecule has 5 rings (SSSR count). The number of carbonyl (C=O) groups is 2. The molecule has 1 amide bonds. The van der Waals surface area contributed by atoms with Gasteiger partial charge in [-0.2, -0.15) is 0 Å². The van der Waals surface area contributed by atoms with Gasteiger partial charge in [-0.1, -0.05) is 47.7 Å². The van der Waals surface area contributed by atoms with E-state index in [0.29, 0.717) is 45.6 Å². The molecular formula is C28H24N2O6S. The molecule has 9 heteroatoms. The second-order valence-corrected chi connectivity index (χ2v) is 9.22. The number of aliphatic hydroxyl groups is 1. The highest BCUT2D eigenvalue weighted by Gasteiger charge is 2.48. The first kappa shape index (κ1) is 24.3. The number of benzene rings is 3. The number of ether oxygens (including phenoxy) is 3. The highest BCUT2D eigenvalue weighted by Crippen LogP contribution is 2.46. The summed E-state index contributed by atoms with van der Waals surface area (Å²) in [6.45, 7) is 2.31.